The van der Waals surface area contributed by atoms with Crippen molar-refractivity contribution in [1.29, 1.82) is 0 Å². The molecule has 2 rings (SSSR count). The second-order valence-electron chi connectivity index (χ2n) is 3.89. The largest absolute Gasteiger partial charge is 0.478 e. The zero-order chi connectivity index (χ0) is 15.6. The molecule has 0 atom stereocenters. The van der Waals surface area contributed by atoms with Crippen LogP contribution in [0.3, 0.4) is 0 Å². The molecule has 0 spiro atoms. The average molecular weight is 356 g/mol. The molecule has 0 radical (unpaired) electrons. The molecular weight excluding hydrogens is 349 g/mol. The highest BCUT2D eigenvalue weighted by Crippen LogP contribution is 2.36. The molecule has 0 heterocycles. The first-order chi connectivity index (χ1) is 9.90. The zero-order valence-electron chi connectivity index (χ0n) is 10.2. The van der Waals surface area contributed by atoms with E-state index in [-0.39, 0.29) is 11.5 Å². The summed E-state index contributed by atoms with van der Waals surface area (Å²) in [5, 5.41) is 19.8. The van der Waals surface area contributed by atoms with Crippen molar-refractivity contribution in [2.24, 2.45) is 0 Å². The van der Waals surface area contributed by atoms with Gasteiger partial charge in [0.2, 0.25) is 5.75 Å². The van der Waals surface area contributed by atoms with Crippen molar-refractivity contribution >= 4 is 27.6 Å². The van der Waals surface area contributed by atoms with E-state index in [1.807, 2.05) is 0 Å². The number of ether oxygens (including phenoxy) is 1. The number of carbonyl (C=O) groups is 1. The van der Waals surface area contributed by atoms with Crippen LogP contribution < -0.4 is 4.74 Å². The molecule has 0 saturated heterocycles. The first-order valence-corrected chi connectivity index (χ1v) is 6.33. The van der Waals surface area contributed by atoms with Crippen LogP contribution in [0.2, 0.25) is 0 Å². The quantitative estimate of drug-likeness (QED) is 0.661. The molecular formula is C13H7BrFNO5. The van der Waals surface area contributed by atoms with Crippen molar-refractivity contribution in [2.75, 3.05) is 0 Å². The first-order valence-electron chi connectivity index (χ1n) is 5.53. The minimum Gasteiger partial charge on any atom is -0.478 e. The minimum atomic E-state index is -1.59. The van der Waals surface area contributed by atoms with E-state index < -0.39 is 28.0 Å². The molecule has 21 heavy (non-hydrogen) atoms. The van der Waals surface area contributed by atoms with Gasteiger partial charge in [0, 0.05) is 12.1 Å². The van der Waals surface area contributed by atoms with Gasteiger partial charge in [-0.25, -0.2) is 9.18 Å². The number of para-hydroxylation sites is 1. The summed E-state index contributed by atoms with van der Waals surface area (Å²) in [5.41, 5.74) is -1.43. The predicted molar refractivity (Wildman–Crippen MR) is 74.2 cm³/mol. The van der Waals surface area contributed by atoms with E-state index in [1.54, 1.807) is 18.2 Å². The molecule has 0 bridgehead atoms. The van der Waals surface area contributed by atoms with Gasteiger partial charge in [0.15, 0.2) is 0 Å². The molecule has 0 aliphatic rings. The second-order valence-corrected chi connectivity index (χ2v) is 4.75. The van der Waals surface area contributed by atoms with Crippen molar-refractivity contribution in [3.8, 4) is 11.5 Å². The van der Waals surface area contributed by atoms with Crippen LogP contribution in [0.5, 0.6) is 11.5 Å². The van der Waals surface area contributed by atoms with Gasteiger partial charge in [0.1, 0.15) is 17.1 Å². The van der Waals surface area contributed by atoms with Crippen molar-refractivity contribution in [1.82, 2.24) is 0 Å². The van der Waals surface area contributed by atoms with E-state index in [0.29, 0.717) is 16.6 Å². The summed E-state index contributed by atoms with van der Waals surface area (Å²) in [6, 6.07) is 7.82. The monoisotopic (exact) mass is 355 g/mol. The maximum Gasteiger partial charge on any atom is 0.338 e. The van der Waals surface area contributed by atoms with E-state index >= 15 is 0 Å². The molecule has 0 fully saturated rings. The van der Waals surface area contributed by atoms with Gasteiger partial charge in [-0.3, -0.25) is 10.1 Å². The lowest BCUT2D eigenvalue weighted by Gasteiger charge is -2.09. The lowest BCUT2D eigenvalue weighted by atomic mass is 10.1. The summed E-state index contributed by atoms with van der Waals surface area (Å²) in [7, 11) is 0. The summed E-state index contributed by atoms with van der Waals surface area (Å²) in [4.78, 5) is 21.0. The van der Waals surface area contributed by atoms with Crippen LogP contribution in [0.25, 0.3) is 0 Å². The molecule has 1 N–H and O–H groups in total. The van der Waals surface area contributed by atoms with Crippen molar-refractivity contribution in [3.63, 3.8) is 0 Å². The molecule has 0 saturated carbocycles. The van der Waals surface area contributed by atoms with E-state index in [0.717, 1.165) is 0 Å². The van der Waals surface area contributed by atoms with Gasteiger partial charge in [-0.2, -0.15) is 0 Å². The highest BCUT2D eigenvalue weighted by molar-refractivity contribution is 9.10. The Morgan fingerprint density at radius 2 is 1.95 bits per heavy atom. The normalized spacial score (nSPS) is 10.2. The highest BCUT2D eigenvalue weighted by atomic mass is 79.9. The number of benzene rings is 2. The Morgan fingerprint density at radius 1 is 1.29 bits per heavy atom. The molecule has 0 unspecified atom stereocenters. The molecule has 2 aromatic rings. The number of hydrogen-bond donors (Lipinski definition) is 1. The number of carboxylic acid groups (broad SMARTS) is 1. The molecule has 0 aromatic heterocycles. The van der Waals surface area contributed by atoms with E-state index in [4.69, 9.17) is 9.84 Å². The maximum absolute atomic E-state index is 13.7. The van der Waals surface area contributed by atoms with Crippen LogP contribution in [-0.2, 0) is 0 Å². The third kappa shape index (κ3) is 3.16. The van der Waals surface area contributed by atoms with Crippen molar-refractivity contribution < 1.29 is 24.0 Å². The van der Waals surface area contributed by atoms with E-state index in [1.165, 1.54) is 6.07 Å². The number of carboxylic acids is 1. The van der Waals surface area contributed by atoms with Gasteiger partial charge in [0.25, 0.3) is 0 Å². The second kappa shape index (κ2) is 5.88. The van der Waals surface area contributed by atoms with Gasteiger partial charge in [-0.1, -0.05) is 12.1 Å². The van der Waals surface area contributed by atoms with Crippen LogP contribution in [0, 0.1) is 15.9 Å². The third-order valence-electron chi connectivity index (χ3n) is 2.53. The molecule has 0 amide bonds. The van der Waals surface area contributed by atoms with Gasteiger partial charge in [-0.05, 0) is 28.1 Å². The fourth-order valence-electron chi connectivity index (χ4n) is 1.58. The summed E-state index contributed by atoms with van der Waals surface area (Å²) < 4.78 is 19.5. The smallest absolute Gasteiger partial charge is 0.338 e. The predicted octanol–water partition coefficient (Wildman–Crippen LogP) is 3.99. The number of nitro groups is 1. The Hall–Kier alpha value is -2.48. The average Bonchev–Trinajstić information content (AvgIpc) is 2.40. The number of halogens is 2. The fraction of sp³-hybridized carbons (Fsp3) is 0. The Balaban J connectivity index is 2.53. The Morgan fingerprint density at radius 3 is 2.52 bits per heavy atom. The maximum atomic E-state index is 13.7. The SMILES string of the molecule is O=C(O)c1cc([N+](=O)[O-])c(Oc2ccccc2Br)cc1F. The van der Waals surface area contributed by atoms with Crippen LogP contribution >= 0.6 is 15.9 Å². The standard InChI is InChI=1S/C13H7BrFNO5/c14-8-3-1-2-4-11(8)21-12-6-9(15)7(13(17)18)5-10(12)16(19)20/h1-6H,(H,17,18). The van der Waals surface area contributed by atoms with Gasteiger partial charge < -0.3 is 9.84 Å². The van der Waals surface area contributed by atoms with E-state index in [2.05, 4.69) is 15.9 Å². The van der Waals surface area contributed by atoms with Crippen LogP contribution in [-0.4, -0.2) is 16.0 Å². The third-order valence-corrected chi connectivity index (χ3v) is 3.19. The summed E-state index contributed by atoms with van der Waals surface area (Å²) >= 11 is 3.19. The number of hydrogen-bond acceptors (Lipinski definition) is 4. The topological polar surface area (TPSA) is 89.7 Å². The Kier molecular flexibility index (Phi) is 4.18. The number of nitrogens with zero attached hydrogens (tertiary/aromatic N) is 1. The van der Waals surface area contributed by atoms with Gasteiger partial charge in [-0.15, -0.1) is 0 Å². The van der Waals surface area contributed by atoms with Gasteiger partial charge >= 0.3 is 11.7 Å². The Bertz CT molecular complexity index is 734. The summed E-state index contributed by atoms with van der Waals surface area (Å²) in [6.45, 7) is 0. The number of nitro benzene ring substituents is 1. The molecule has 2 aromatic carbocycles. The lowest BCUT2D eigenvalue weighted by Crippen LogP contribution is -2.03. The minimum absolute atomic E-state index is 0.239. The molecule has 0 aliphatic heterocycles. The van der Waals surface area contributed by atoms with Crippen molar-refractivity contribution in [2.45, 2.75) is 0 Å². The fourth-order valence-corrected chi connectivity index (χ4v) is 1.94. The zero-order valence-corrected chi connectivity index (χ0v) is 11.8. The van der Waals surface area contributed by atoms with Gasteiger partial charge in [0.05, 0.1) is 9.40 Å². The van der Waals surface area contributed by atoms with Crippen LogP contribution in [0.1, 0.15) is 10.4 Å². The molecule has 8 heteroatoms. The first kappa shape index (κ1) is 14.9. The van der Waals surface area contributed by atoms with Crippen LogP contribution in [0.4, 0.5) is 10.1 Å². The van der Waals surface area contributed by atoms with E-state index in [9.17, 15) is 19.3 Å². The number of rotatable bonds is 4. The summed E-state index contributed by atoms with van der Waals surface area (Å²) in [6.07, 6.45) is 0. The molecule has 0 aliphatic carbocycles. The highest BCUT2D eigenvalue weighted by Gasteiger charge is 2.23. The lowest BCUT2D eigenvalue weighted by molar-refractivity contribution is -0.385. The summed E-state index contributed by atoms with van der Waals surface area (Å²) in [5.74, 6) is -2.85. The molecule has 108 valence electrons. The van der Waals surface area contributed by atoms with Crippen molar-refractivity contribution in [3.05, 3.63) is 62.4 Å². The number of aromatic carboxylic acids is 1. The molecule has 6 nitrogen and oxygen atoms in total. The Labute approximate surface area is 126 Å². The van der Waals surface area contributed by atoms with Crippen LogP contribution in [0.15, 0.2) is 40.9 Å².